The fraction of sp³-hybridized carbons (Fsp3) is 0.292. The van der Waals surface area contributed by atoms with Crippen LogP contribution in [0.25, 0.3) is 11.1 Å². The van der Waals surface area contributed by atoms with Crippen molar-refractivity contribution >= 4 is 17.4 Å². The molecule has 3 aromatic rings. The van der Waals surface area contributed by atoms with E-state index in [9.17, 15) is 13.2 Å². The summed E-state index contributed by atoms with van der Waals surface area (Å²) in [6, 6.07) is 16.9. The van der Waals surface area contributed by atoms with Crippen LogP contribution < -0.4 is 9.64 Å². The van der Waals surface area contributed by atoms with Gasteiger partial charge in [-0.05, 0) is 72.3 Å². The summed E-state index contributed by atoms with van der Waals surface area (Å²) in [6.45, 7) is 4.44. The summed E-state index contributed by atoms with van der Waals surface area (Å²) >= 11 is -0.0861. The van der Waals surface area contributed by atoms with Gasteiger partial charge in [0.15, 0.2) is 0 Å². The quantitative estimate of drug-likeness (QED) is 0.419. The maximum absolute atomic E-state index is 12.6. The van der Waals surface area contributed by atoms with E-state index < -0.39 is 5.51 Å². The first-order valence-corrected chi connectivity index (χ1v) is 11.1. The number of hydrogen-bond acceptors (Lipinski definition) is 5. The van der Waals surface area contributed by atoms with Gasteiger partial charge in [-0.3, -0.25) is 9.88 Å². The number of aromatic nitrogens is 1. The molecule has 2 heterocycles. The maximum atomic E-state index is 12.6. The standard InChI is InChI=1S/C24H24F3N3OS/c1-17-14-30(20-5-9-22(10-6-20)32-24(25,26)27)16-29(17)15-19-11-12-28-13-23(19)18-3-7-21(31-2)8-4-18/h3-13,17H,14-16H2,1-2H3. The average Bonchev–Trinajstić information content (AvgIpc) is 3.14. The zero-order valence-electron chi connectivity index (χ0n) is 17.8. The highest BCUT2D eigenvalue weighted by Crippen LogP contribution is 2.37. The highest BCUT2D eigenvalue weighted by atomic mass is 32.2. The van der Waals surface area contributed by atoms with Gasteiger partial charge in [-0.2, -0.15) is 13.2 Å². The molecule has 32 heavy (non-hydrogen) atoms. The van der Waals surface area contributed by atoms with Gasteiger partial charge in [-0.25, -0.2) is 0 Å². The van der Waals surface area contributed by atoms with Crippen LogP contribution in [0.4, 0.5) is 18.9 Å². The van der Waals surface area contributed by atoms with Gasteiger partial charge in [-0.1, -0.05) is 12.1 Å². The van der Waals surface area contributed by atoms with E-state index >= 15 is 0 Å². The summed E-state index contributed by atoms with van der Waals surface area (Å²) in [5.74, 6) is 0.808. The molecule has 0 saturated carbocycles. The Morgan fingerprint density at radius 3 is 2.44 bits per heavy atom. The molecule has 1 aliphatic heterocycles. The van der Waals surface area contributed by atoms with Crippen molar-refractivity contribution < 1.29 is 17.9 Å². The topological polar surface area (TPSA) is 28.6 Å². The lowest BCUT2D eigenvalue weighted by molar-refractivity contribution is -0.0328. The number of pyridine rings is 1. The summed E-state index contributed by atoms with van der Waals surface area (Å²) < 4.78 is 43.0. The van der Waals surface area contributed by atoms with Crippen molar-refractivity contribution in [2.75, 3.05) is 25.2 Å². The Morgan fingerprint density at radius 2 is 1.78 bits per heavy atom. The molecule has 1 atom stereocenters. The zero-order chi connectivity index (χ0) is 22.7. The Kier molecular flexibility index (Phi) is 6.62. The SMILES string of the molecule is COc1ccc(-c2cnccc2CN2CN(c3ccc(SC(F)(F)F)cc3)CC2C)cc1. The number of methoxy groups -OCH3 is 1. The highest BCUT2D eigenvalue weighted by Gasteiger charge is 2.30. The molecule has 0 N–H and O–H groups in total. The summed E-state index contributed by atoms with van der Waals surface area (Å²) in [5.41, 5.74) is -0.0106. The fourth-order valence-corrected chi connectivity index (χ4v) is 4.45. The minimum absolute atomic E-state index is 0.0861. The van der Waals surface area contributed by atoms with Crippen LogP contribution in [0.15, 0.2) is 71.9 Å². The predicted molar refractivity (Wildman–Crippen MR) is 122 cm³/mol. The van der Waals surface area contributed by atoms with Gasteiger partial charge in [0.2, 0.25) is 0 Å². The molecule has 8 heteroatoms. The smallest absolute Gasteiger partial charge is 0.446 e. The van der Waals surface area contributed by atoms with Crippen molar-refractivity contribution in [3.05, 3.63) is 72.6 Å². The van der Waals surface area contributed by atoms with Gasteiger partial charge in [0.05, 0.1) is 13.8 Å². The minimum Gasteiger partial charge on any atom is -0.497 e. The number of ether oxygens (including phenoxy) is 1. The normalized spacial score (nSPS) is 17.0. The first-order chi connectivity index (χ1) is 15.3. The first-order valence-electron chi connectivity index (χ1n) is 10.2. The lowest BCUT2D eigenvalue weighted by Gasteiger charge is -2.22. The lowest BCUT2D eigenvalue weighted by atomic mass is 10.0. The molecular formula is C24H24F3N3OS. The van der Waals surface area contributed by atoms with Gasteiger partial charge >= 0.3 is 5.51 Å². The molecule has 1 saturated heterocycles. The van der Waals surface area contributed by atoms with Crippen LogP contribution in [-0.4, -0.2) is 41.8 Å². The van der Waals surface area contributed by atoms with Crippen LogP contribution in [0.3, 0.4) is 0 Å². The van der Waals surface area contributed by atoms with Crippen LogP contribution >= 0.6 is 11.8 Å². The monoisotopic (exact) mass is 459 g/mol. The number of anilines is 1. The van der Waals surface area contributed by atoms with E-state index in [0.717, 1.165) is 35.7 Å². The van der Waals surface area contributed by atoms with Crippen LogP contribution in [-0.2, 0) is 6.54 Å². The molecule has 2 aromatic carbocycles. The summed E-state index contributed by atoms with van der Waals surface area (Å²) in [5, 5.41) is 0. The van der Waals surface area contributed by atoms with Gasteiger partial charge in [0.1, 0.15) is 5.75 Å². The molecule has 1 aliphatic rings. The van der Waals surface area contributed by atoms with E-state index in [1.165, 1.54) is 17.7 Å². The lowest BCUT2D eigenvalue weighted by Crippen LogP contribution is -2.28. The third-order valence-corrected chi connectivity index (χ3v) is 6.32. The molecule has 1 fully saturated rings. The van der Waals surface area contributed by atoms with Gasteiger partial charge in [0, 0.05) is 47.7 Å². The molecular weight excluding hydrogens is 435 g/mol. The molecule has 0 bridgehead atoms. The maximum Gasteiger partial charge on any atom is 0.446 e. The van der Waals surface area contributed by atoms with E-state index in [1.54, 1.807) is 25.4 Å². The minimum atomic E-state index is -4.27. The Labute approximate surface area is 190 Å². The van der Waals surface area contributed by atoms with Crippen LogP contribution in [0.5, 0.6) is 5.75 Å². The van der Waals surface area contributed by atoms with E-state index in [2.05, 4.69) is 21.7 Å². The molecule has 0 amide bonds. The van der Waals surface area contributed by atoms with Gasteiger partial charge < -0.3 is 9.64 Å². The van der Waals surface area contributed by atoms with Gasteiger partial charge in [-0.15, -0.1) is 0 Å². The van der Waals surface area contributed by atoms with Crippen molar-refractivity contribution in [2.24, 2.45) is 0 Å². The number of rotatable bonds is 6. The fourth-order valence-electron chi connectivity index (χ4n) is 3.91. The highest BCUT2D eigenvalue weighted by molar-refractivity contribution is 8.00. The van der Waals surface area contributed by atoms with Crippen molar-refractivity contribution in [2.45, 2.75) is 29.9 Å². The Morgan fingerprint density at radius 1 is 1.06 bits per heavy atom. The third-order valence-electron chi connectivity index (χ3n) is 5.58. The molecule has 0 radical (unpaired) electrons. The average molecular weight is 460 g/mol. The molecule has 0 spiro atoms. The van der Waals surface area contributed by atoms with E-state index in [0.29, 0.717) is 12.7 Å². The van der Waals surface area contributed by atoms with Crippen molar-refractivity contribution in [1.82, 2.24) is 9.88 Å². The summed E-state index contributed by atoms with van der Waals surface area (Å²) in [7, 11) is 1.65. The molecule has 1 aromatic heterocycles. The molecule has 1 unspecified atom stereocenters. The van der Waals surface area contributed by atoms with Crippen LogP contribution in [0, 0.1) is 0 Å². The second-order valence-corrected chi connectivity index (χ2v) is 8.90. The number of alkyl halides is 3. The second-order valence-electron chi connectivity index (χ2n) is 7.76. The zero-order valence-corrected chi connectivity index (χ0v) is 18.7. The number of hydrogen-bond donors (Lipinski definition) is 0. The number of thioether (sulfide) groups is 1. The van der Waals surface area contributed by atoms with E-state index in [-0.39, 0.29) is 16.7 Å². The largest absolute Gasteiger partial charge is 0.497 e. The number of halogens is 3. The molecule has 0 aliphatic carbocycles. The Bertz CT molecular complexity index is 1040. The van der Waals surface area contributed by atoms with Gasteiger partial charge in [0.25, 0.3) is 0 Å². The Balaban J connectivity index is 1.47. The van der Waals surface area contributed by atoms with Crippen molar-refractivity contribution in [3.63, 3.8) is 0 Å². The first kappa shape index (κ1) is 22.5. The molecule has 4 rings (SSSR count). The molecule has 168 valence electrons. The van der Waals surface area contributed by atoms with E-state index in [1.807, 2.05) is 36.5 Å². The number of nitrogens with zero attached hydrogens (tertiary/aromatic N) is 3. The third kappa shape index (κ3) is 5.37. The van der Waals surface area contributed by atoms with Crippen LogP contribution in [0.2, 0.25) is 0 Å². The number of benzene rings is 2. The van der Waals surface area contributed by atoms with Crippen molar-refractivity contribution in [1.29, 1.82) is 0 Å². The summed E-state index contributed by atoms with van der Waals surface area (Å²) in [4.78, 5) is 9.07. The van der Waals surface area contributed by atoms with Crippen LogP contribution in [0.1, 0.15) is 12.5 Å². The predicted octanol–water partition coefficient (Wildman–Crippen LogP) is 6.04. The van der Waals surface area contributed by atoms with Crippen molar-refractivity contribution in [3.8, 4) is 16.9 Å². The Hall–Kier alpha value is -2.71. The summed E-state index contributed by atoms with van der Waals surface area (Å²) in [6.07, 6.45) is 3.69. The van der Waals surface area contributed by atoms with E-state index in [4.69, 9.17) is 4.74 Å². The second kappa shape index (κ2) is 9.42. The molecule has 4 nitrogen and oxygen atoms in total.